The summed E-state index contributed by atoms with van der Waals surface area (Å²) in [7, 11) is 1.67. The molecule has 0 aliphatic carbocycles. The van der Waals surface area contributed by atoms with E-state index in [-0.39, 0.29) is 30.1 Å². The molecule has 0 radical (unpaired) electrons. The second kappa shape index (κ2) is 15.2. The molecule has 0 saturated carbocycles. The minimum atomic E-state index is 0. The molecule has 1 aromatic rings. The highest BCUT2D eigenvalue weighted by Crippen LogP contribution is 2.16. The van der Waals surface area contributed by atoms with E-state index in [1.54, 1.807) is 7.11 Å². The number of benzene rings is 1. The summed E-state index contributed by atoms with van der Waals surface area (Å²) in [5.41, 5.74) is 0.974. The highest BCUT2D eigenvalue weighted by molar-refractivity contribution is 14.0. The van der Waals surface area contributed by atoms with Gasteiger partial charge in [0.2, 0.25) is 0 Å². The summed E-state index contributed by atoms with van der Waals surface area (Å²) in [6.07, 6.45) is 1.05. The van der Waals surface area contributed by atoms with E-state index in [2.05, 4.69) is 15.6 Å². The molecule has 0 aliphatic rings. The van der Waals surface area contributed by atoms with Crippen molar-refractivity contribution in [1.82, 2.24) is 5.32 Å². The fourth-order valence-corrected chi connectivity index (χ4v) is 1.93. The summed E-state index contributed by atoms with van der Waals surface area (Å²) < 4.78 is 16.0. The first-order valence-corrected chi connectivity index (χ1v) is 8.54. The first kappa shape index (κ1) is 23.9. The highest BCUT2D eigenvalue weighted by Gasteiger charge is 2.01. The number of nitrogens with zero attached hydrogens (tertiary/aromatic N) is 1. The van der Waals surface area contributed by atoms with Crippen molar-refractivity contribution in [3.63, 3.8) is 0 Å². The quantitative estimate of drug-likeness (QED) is 0.227. The number of aliphatic imine (C=N–C) groups is 1. The first-order chi connectivity index (χ1) is 11.7. The Kier molecular flexibility index (Phi) is 14.6. The predicted molar refractivity (Wildman–Crippen MR) is 115 cm³/mol. The third kappa shape index (κ3) is 12.0. The molecule has 0 fully saturated rings. The molecule has 0 spiro atoms. The lowest BCUT2D eigenvalue weighted by Gasteiger charge is -2.13. The molecular weight excluding hydrogens is 433 g/mol. The van der Waals surface area contributed by atoms with Gasteiger partial charge in [-0.3, -0.25) is 4.99 Å². The smallest absolute Gasteiger partial charge is 0.195 e. The van der Waals surface area contributed by atoms with Crippen molar-refractivity contribution in [3.8, 4) is 5.75 Å². The molecule has 7 heteroatoms. The Bertz CT molecular complexity index is 467. The maximum absolute atomic E-state index is 5.64. The number of guanidine groups is 1. The molecule has 0 bridgehead atoms. The molecule has 1 aromatic carbocycles. The Morgan fingerprint density at radius 3 is 2.44 bits per heavy atom. The molecule has 0 aliphatic heterocycles. The van der Waals surface area contributed by atoms with Gasteiger partial charge in [0, 0.05) is 32.5 Å². The van der Waals surface area contributed by atoms with Crippen LogP contribution in [0, 0.1) is 0 Å². The van der Waals surface area contributed by atoms with Crippen LogP contribution in [0.4, 0.5) is 5.69 Å². The van der Waals surface area contributed by atoms with Crippen molar-refractivity contribution in [2.45, 2.75) is 33.3 Å². The standard InChI is InChI=1S/C18H31N3O3.HI/c1-5-19-18(20-11-6-12-23-14-13-22-4)21-16-7-9-17(10-8-16)24-15(2)3;/h7-10,15H,5-6,11-14H2,1-4H3,(H2,19,20,21);1H. The van der Waals surface area contributed by atoms with Gasteiger partial charge in [-0.15, -0.1) is 24.0 Å². The van der Waals surface area contributed by atoms with Crippen LogP contribution in [0.2, 0.25) is 0 Å². The number of anilines is 1. The zero-order chi connectivity index (χ0) is 17.6. The van der Waals surface area contributed by atoms with Crippen LogP contribution >= 0.6 is 24.0 Å². The van der Waals surface area contributed by atoms with Crippen LogP contribution in [0.3, 0.4) is 0 Å². The average molecular weight is 465 g/mol. The maximum Gasteiger partial charge on any atom is 0.195 e. The maximum atomic E-state index is 5.64. The van der Waals surface area contributed by atoms with E-state index in [9.17, 15) is 0 Å². The zero-order valence-electron chi connectivity index (χ0n) is 15.7. The number of rotatable bonds is 11. The largest absolute Gasteiger partial charge is 0.491 e. The van der Waals surface area contributed by atoms with Crippen LogP contribution < -0.4 is 15.4 Å². The zero-order valence-corrected chi connectivity index (χ0v) is 18.0. The fraction of sp³-hybridized carbons (Fsp3) is 0.611. The molecule has 6 nitrogen and oxygen atoms in total. The minimum Gasteiger partial charge on any atom is -0.491 e. The lowest BCUT2D eigenvalue weighted by Crippen LogP contribution is -2.30. The third-order valence-corrected chi connectivity index (χ3v) is 2.98. The Balaban J connectivity index is 0.00000576. The van der Waals surface area contributed by atoms with Crippen molar-refractivity contribution in [1.29, 1.82) is 0 Å². The number of nitrogens with one attached hydrogen (secondary N) is 2. The topological polar surface area (TPSA) is 64.1 Å². The third-order valence-electron chi connectivity index (χ3n) is 2.98. The van der Waals surface area contributed by atoms with Crippen molar-refractivity contribution >= 4 is 35.6 Å². The highest BCUT2D eigenvalue weighted by atomic mass is 127. The van der Waals surface area contributed by atoms with Crippen LogP contribution in [0.5, 0.6) is 5.75 Å². The van der Waals surface area contributed by atoms with Gasteiger partial charge in [0.25, 0.3) is 0 Å². The van der Waals surface area contributed by atoms with Gasteiger partial charge in [0.15, 0.2) is 5.96 Å². The van der Waals surface area contributed by atoms with Gasteiger partial charge in [0.1, 0.15) is 5.75 Å². The van der Waals surface area contributed by atoms with Crippen molar-refractivity contribution < 1.29 is 14.2 Å². The van der Waals surface area contributed by atoms with Gasteiger partial charge < -0.3 is 24.8 Å². The van der Waals surface area contributed by atoms with Crippen molar-refractivity contribution in [2.75, 3.05) is 45.3 Å². The molecule has 2 N–H and O–H groups in total. The molecule has 0 atom stereocenters. The normalized spacial score (nSPS) is 11.2. The van der Waals surface area contributed by atoms with Crippen LogP contribution in [0.1, 0.15) is 27.2 Å². The number of halogens is 1. The fourth-order valence-electron chi connectivity index (χ4n) is 1.93. The molecule has 144 valence electrons. The monoisotopic (exact) mass is 465 g/mol. The minimum absolute atomic E-state index is 0. The molecule has 0 unspecified atom stereocenters. The van der Waals surface area contributed by atoms with Gasteiger partial charge in [-0.25, -0.2) is 0 Å². The van der Waals surface area contributed by atoms with E-state index in [0.717, 1.165) is 30.4 Å². The van der Waals surface area contributed by atoms with E-state index in [1.807, 2.05) is 45.0 Å². The molecular formula is C18H32IN3O3. The summed E-state index contributed by atoms with van der Waals surface area (Å²) in [6, 6.07) is 7.88. The average Bonchev–Trinajstić information content (AvgIpc) is 2.55. The van der Waals surface area contributed by atoms with E-state index in [4.69, 9.17) is 14.2 Å². The summed E-state index contributed by atoms with van der Waals surface area (Å²) >= 11 is 0. The number of hydrogen-bond acceptors (Lipinski definition) is 4. The number of methoxy groups -OCH3 is 1. The second-order valence-corrected chi connectivity index (χ2v) is 5.54. The van der Waals surface area contributed by atoms with Crippen LogP contribution in [0.25, 0.3) is 0 Å². The van der Waals surface area contributed by atoms with E-state index >= 15 is 0 Å². The Morgan fingerprint density at radius 1 is 1.12 bits per heavy atom. The second-order valence-electron chi connectivity index (χ2n) is 5.54. The van der Waals surface area contributed by atoms with E-state index in [1.165, 1.54) is 0 Å². The predicted octanol–water partition coefficient (Wildman–Crippen LogP) is 3.52. The molecule has 0 heterocycles. The lowest BCUT2D eigenvalue weighted by atomic mass is 10.3. The summed E-state index contributed by atoms with van der Waals surface area (Å²) in [4.78, 5) is 4.55. The van der Waals surface area contributed by atoms with Gasteiger partial charge in [0.05, 0.1) is 19.3 Å². The molecule has 0 amide bonds. The van der Waals surface area contributed by atoms with Crippen molar-refractivity contribution in [3.05, 3.63) is 24.3 Å². The number of hydrogen-bond donors (Lipinski definition) is 2. The summed E-state index contributed by atoms with van der Waals surface area (Å²) in [5, 5.41) is 6.53. The van der Waals surface area contributed by atoms with Gasteiger partial charge >= 0.3 is 0 Å². The Labute approximate surface area is 168 Å². The SMILES string of the molecule is CCNC(=NCCCOCCOC)Nc1ccc(OC(C)C)cc1.I. The van der Waals surface area contributed by atoms with Crippen LogP contribution in [0.15, 0.2) is 29.3 Å². The molecule has 25 heavy (non-hydrogen) atoms. The van der Waals surface area contributed by atoms with Gasteiger partial charge in [-0.2, -0.15) is 0 Å². The Hall–Kier alpha value is -1.06. The first-order valence-electron chi connectivity index (χ1n) is 8.54. The van der Waals surface area contributed by atoms with Crippen LogP contribution in [-0.2, 0) is 9.47 Å². The summed E-state index contributed by atoms with van der Waals surface area (Å²) in [5.74, 6) is 1.64. The van der Waals surface area contributed by atoms with Gasteiger partial charge in [-0.05, 0) is 51.5 Å². The summed E-state index contributed by atoms with van der Waals surface area (Å²) in [6.45, 7) is 9.54. The van der Waals surface area contributed by atoms with Gasteiger partial charge in [-0.1, -0.05) is 0 Å². The Morgan fingerprint density at radius 2 is 1.84 bits per heavy atom. The molecule has 0 saturated heterocycles. The van der Waals surface area contributed by atoms with Crippen molar-refractivity contribution in [2.24, 2.45) is 4.99 Å². The molecule has 0 aromatic heterocycles. The van der Waals surface area contributed by atoms with Crippen LogP contribution in [-0.4, -0.2) is 52.1 Å². The number of ether oxygens (including phenoxy) is 3. The van der Waals surface area contributed by atoms with E-state index < -0.39 is 0 Å². The molecule has 1 rings (SSSR count). The van der Waals surface area contributed by atoms with E-state index in [0.29, 0.717) is 26.4 Å². The lowest BCUT2D eigenvalue weighted by molar-refractivity contribution is 0.0702.